The van der Waals surface area contributed by atoms with Gasteiger partial charge >= 0.3 is 5.97 Å². The van der Waals surface area contributed by atoms with Gasteiger partial charge in [0, 0.05) is 18.5 Å². The molecule has 31 heavy (non-hydrogen) atoms. The summed E-state index contributed by atoms with van der Waals surface area (Å²) in [4.78, 5) is 37.2. The molecule has 0 aliphatic carbocycles. The number of amides is 2. The zero-order valence-corrected chi connectivity index (χ0v) is 17.7. The zero-order valence-electron chi connectivity index (χ0n) is 17.0. The number of alkyl halides is 2. The Labute approximate surface area is 182 Å². The average molecular weight is 461 g/mol. The van der Waals surface area contributed by atoms with Gasteiger partial charge in [-0.25, -0.2) is 8.78 Å². The van der Waals surface area contributed by atoms with Crippen LogP contribution in [0.25, 0.3) is 0 Å². The van der Waals surface area contributed by atoms with Crippen LogP contribution in [0.15, 0.2) is 29.5 Å². The summed E-state index contributed by atoms with van der Waals surface area (Å²) in [6, 6.07) is 4.45. The molecule has 0 saturated heterocycles. The average Bonchev–Trinajstić information content (AvgIpc) is 2.68. The van der Waals surface area contributed by atoms with Gasteiger partial charge in [-0.3, -0.25) is 14.4 Å². The van der Waals surface area contributed by atoms with Crippen LogP contribution in [0.2, 0.25) is 5.02 Å². The molecule has 170 valence electrons. The summed E-state index contributed by atoms with van der Waals surface area (Å²) in [6.45, 7) is 0.645. The van der Waals surface area contributed by atoms with Crippen LogP contribution in [-0.4, -0.2) is 64.4 Å². The van der Waals surface area contributed by atoms with Gasteiger partial charge in [-0.1, -0.05) is 17.7 Å². The Morgan fingerprint density at radius 2 is 1.97 bits per heavy atom. The van der Waals surface area contributed by atoms with Crippen molar-refractivity contribution >= 4 is 29.4 Å². The van der Waals surface area contributed by atoms with Crippen LogP contribution in [0.4, 0.5) is 8.78 Å². The smallest absolute Gasteiger partial charge is 0.322 e. The first kappa shape index (κ1) is 24.4. The molecule has 2 amide bonds. The van der Waals surface area contributed by atoms with Crippen molar-refractivity contribution in [3.8, 4) is 5.75 Å². The molecule has 1 aromatic carbocycles. The van der Waals surface area contributed by atoms with E-state index in [1.54, 1.807) is 19.9 Å². The van der Waals surface area contributed by atoms with Gasteiger partial charge in [-0.15, -0.1) is 0 Å². The molecule has 0 spiro atoms. The van der Waals surface area contributed by atoms with E-state index in [9.17, 15) is 28.3 Å². The summed E-state index contributed by atoms with van der Waals surface area (Å²) in [6.07, 6.45) is -1.30. The number of carbonyl (C=O) groups is 3. The molecule has 0 unspecified atom stereocenters. The van der Waals surface area contributed by atoms with Crippen molar-refractivity contribution < 1.29 is 38.1 Å². The van der Waals surface area contributed by atoms with Crippen molar-refractivity contribution in [2.45, 2.75) is 38.5 Å². The van der Waals surface area contributed by atoms with Gasteiger partial charge in [0.15, 0.2) is 6.10 Å². The van der Waals surface area contributed by atoms with Crippen molar-refractivity contribution in [1.29, 1.82) is 0 Å². The molecule has 3 N–H and O–H groups in total. The molecule has 1 heterocycles. The molecule has 0 saturated carbocycles. The minimum absolute atomic E-state index is 0.00444. The van der Waals surface area contributed by atoms with Crippen molar-refractivity contribution in [3.63, 3.8) is 0 Å². The maximum Gasteiger partial charge on any atom is 0.322 e. The van der Waals surface area contributed by atoms with Crippen LogP contribution in [0.3, 0.4) is 0 Å². The Bertz CT molecular complexity index is 902. The van der Waals surface area contributed by atoms with Gasteiger partial charge in [-0.05, 0) is 31.5 Å². The summed E-state index contributed by atoms with van der Waals surface area (Å²) in [5.74, 6) is -3.41. The number of carboxylic acids is 1. The summed E-state index contributed by atoms with van der Waals surface area (Å²) >= 11 is 6.14. The number of carbonyl (C=O) groups excluding carboxylic acids is 2. The molecule has 1 aliphatic heterocycles. The van der Waals surface area contributed by atoms with Crippen molar-refractivity contribution in [1.82, 2.24) is 10.2 Å². The fourth-order valence-electron chi connectivity index (χ4n) is 3.09. The van der Waals surface area contributed by atoms with Gasteiger partial charge in [-0.2, -0.15) is 0 Å². The fraction of sp³-hybridized carbons (Fsp3) is 0.450. The second-order valence-electron chi connectivity index (χ2n) is 7.59. The molecule has 2 rings (SSSR count). The third-order valence-electron chi connectivity index (χ3n) is 4.68. The van der Waals surface area contributed by atoms with Gasteiger partial charge in [0.05, 0.1) is 5.02 Å². The van der Waals surface area contributed by atoms with E-state index in [0.717, 1.165) is 0 Å². The molecule has 1 aromatic rings. The number of ether oxygens (including phenoxy) is 1. The van der Waals surface area contributed by atoms with Crippen LogP contribution in [0.1, 0.15) is 25.8 Å². The molecular weight excluding hydrogens is 438 g/mol. The van der Waals surface area contributed by atoms with Crippen molar-refractivity contribution in [3.05, 3.63) is 40.1 Å². The zero-order chi connectivity index (χ0) is 23.3. The normalized spacial score (nSPS) is 15.9. The summed E-state index contributed by atoms with van der Waals surface area (Å²) in [7, 11) is 0. The third kappa shape index (κ3) is 5.84. The van der Waals surface area contributed by atoms with E-state index in [1.807, 2.05) is 0 Å². The number of aliphatic carboxylic acids is 1. The highest BCUT2D eigenvalue weighted by molar-refractivity contribution is 6.32. The number of benzene rings is 1. The number of aliphatic hydroxyl groups excluding tert-OH is 1. The largest absolute Gasteiger partial charge is 0.511 e. The summed E-state index contributed by atoms with van der Waals surface area (Å²) in [5.41, 5.74) is -0.852. The maximum absolute atomic E-state index is 13.0. The minimum Gasteiger partial charge on any atom is -0.511 e. The summed E-state index contributed by atoms with van der Waals surface area (Å²) in [5, 5.41) is 21.1. The van der Waals surface area contributed by atoms with E-state index in [1.165, 1.54) is 17.0 Å². The highest BCUT2D eigenvalue weighted by Gasteiger charge is 2.42. The topological polar surface area (TPSA) is 116 Å². The number of nitrogens with one attached hydrogen (secondary N) is 1. The third-order valence-corrected chi connectivity index (χ3v) is 4.98. The van der Waals surface area contributed by atoms with Crippen LogP contribution < -0.4 is 10.1 Å². The van der Waals surface area contributed by atoms with Crippen LogP contribution in [-0.2, 0) is 20.9 Å². The molecule has 0 atom stereocenters. The van der Waals surface area contributed by atoms with E-state index in [-0.39, 0.29) is 23.7 Å². The van der Waals surface area contributed by atoms with Gasteiger partial charge in [0.25, 0.3) is 11.8 Å². The SMILES string of the molecule is CC1(C)CC(O)=C(C(=O)NCC(=O)O)C(=O)N1Cc1ccc(OC(CF)CF)c(Cl)c1. The van der Waals surface area contributed by atoms with Crippen LogP contribution in [0, 0.1) is 0 Å². The van der Waals surface area contributed by atoms with E-state index < -0.39 is 60.7 Å². The molecule has 0 fully saturated rings. The van der Waals surface area contributed by atoms with Gasteiger partial charge in [0.2, 0.25) is 0 Å². The highest BCUT2D eigenvalue weighted by Crippen LogP contribution is 2.34. The number of hydrogen-bond acceptors (Lipinski definition) is 5. The van der Waals surface area contributed by atoms with Gasteiger partial charge < -0.3 is 25.2 Å². The standard InChI is InChI=1S/C20H23ClF2N2O6/c1-20(2)6-14(26)17(18(29)24-9-16(27)28)19(30)25(20)10-11-3-4-15(13(21)5-11)31-12(7-22)8-23/h3-5,12,26H,6-10H2,1-2H3,(H,24,29)(H,27,28). The number of hydrogen-bond donors (Lipinski definition) is 3. The second-order valence-corrected chi connectivity index (χ2v) is 8.00. The van der Waals surface area contributed by atoms with E-state index >= 15 is 0 Å². The molecule has 11 heteroatoms. The Morgan fingerprint density at radius 1 is 1.32 bits per heavy atom. The maximum atomic E-state index is 13.0. The van der Waals surface area contributed by atoms with Crippen molar-refractivity contribution in [2.75, 3.05) is 19.9 Å². The molecule has 0 bridgehead atoms. The Balaban J connectivity index is 2.25. The first-order valence-electron chi connectivity index (χ1n) is 9.31. The predicted octanol–water partition coefficient (Wildman–Crippen LogP) is 2.55. The Kier molecular flexibility index (Phi) is 7.83. The summed E-state index contributed by atoms with van der Waals surface area (Å²) < 4.78 is 30.5. The molecular formula is C20H23ClF2N2O6. The van der Waals surface area contributed by atoms with Crippen molar-refractivity contribution in [2.24, 2.45) is 0 Å². The predicted molar refractivity (Wildman–Crippen MR) is 107 cm³/mol. The Morgan fingerprint density at radius 3 is 2.52 bits per heavy atom. The molecule has 0 radical (unpaired) electrons. The molecule has 0 aromatic heterocycles. The molecule has 1 aliphatic rings. The van der Waals surface area contributed by atoms with Crippen LogP contribution >= 0.6 is 11.6 Å². The lowest BCUT2D eigenvalue weighted by Crippen LogP contribution is -2.53. The monoisotopic (exact) mass is 460 g/mol. The first-order valence-corrected chi connectivity index (χ1v) is 9.69. The fourth-order valence-corrected chi connectivity index (χ4v) is 3.34. The minimum atomic E-state index is -1.30. The second kappa shape index (κ2) is 9.95. The highest BCUT2D eigenvalue weighted by atomic mass is 35.5. The lowest BCUT2D eigenvalue weighted by atomic mass is 9.88. The first-order chi connectivity index (χ1) is 14.5. The van der Waals surface area contributed by atoms with Gasteiger partial charge in [0.1, 0.15) is 37.0 Å². The number of rotatable bonds is 9. The number of nitrogens with zero attached hydrogens (tertiary/aromatic N) is 1. The van der Waals surface area contributed by atoms with E-state index in [2.05, 4.69) is 5.32 Å². The number of halogens is 3. The van der Waals surface area contributed by atoms with E-state index in [0.29, 0.717) is 5.56 Å². The van der Waals surface area contributed by atoms with E-state index in [4.69, 9.17) is 21.4 Å². The lowest BCUT2D eigenvalue weighted by Gasteiger charge is -2.42. The van der Waals surface area contributed by atoms with Crippen LogP contribution in [0.5, 0.6) is 5.75 Å². The lowest BCUT2D eigenvalue weighted by molar-refractivity contribution is -0.140. The quantitative estimate of drug-likeness (QED) is 0.488. The number of carboxylic acid groups (broad SMARTS) is 1. The Hall–Kier alpha value is -2.88. The number of aliphatic hydroxyl groups is 1. The molecule has 8 nitrogen and oxygen atoms in total.